The van der Waals surface area contributed by atoms with Gasteiger partial charge in [0.2, 0.25) is 0 Å². The maximum absolute atomic E-state index is 4.67. The van der Waals surface area contributed by atoms with Crippen LogP contribution < -0.4 is 0 Å². The summed E-state index contributed by atoms with van der Waals surface area (Å²) in [6.45, 7) is 8.23. The molecule has 116 valence electrons. The van der Waals surface area contributed by atoms with Crippen LogP contribution in [0, 0.1) is 11.8 Å². The Morgan fingerprint density at radius 1 is 1.09 bits per heavy atom. The Labute approximate surface area is 134 Å². The second-order valence-electron chi connectivity index (χ2n) is 6.85. The number of nitrogens with zero attached hydrogens (tertiary/aromatic N) is 2. The molecule has 1 aliphatic rings. The number of hydrogen-bond donors (Lipinski definition) is 0. The predicted octanol–water partition coefficient (Wildman–Crippen LogP) is 4.19. The molecule has 22 heavy (non-hydrogen) atoms. The summed E-state index contributed by atoms with van der Waals surface area (Å²) in [7, 11) is 0. The van der Waals surface area contributed by atoms with Crippen LogP contribution in [0.4, 0.5) is 0 Å². The van der Waals surface area contributed by atoms with Crippen molar-refractivity contribution in [2.45, 2.75) is 26.2 Å². The van der Waals surface area contributed by atoms with Gasteiger partial charge in [0.05, 0.1) is 0 Å². The Hall–Kier alpha value is -1.67. The number of benzene rings is 1. The van der Waals surface area contributed by atoms with Gasteiger partial charge in [-0.15, -0.1) is 0 Å². The zero-order valence-electron chi connectivity index (χ0n) is 13.7. The molecule has 0 spiro atoms. The maximum atomic E-state index is 4.67. The summed E-state index contributed by atoms with van der Waals surface area (Å²) in [5.74, 6) is 1.82. The summed E-state index contributed by atoms with van der Waals surface area (Å²) >= 11 is 0. The van der Waals surface area contributed by atoms with Crippen LogP contribution in [0.2, 0.25) is 0 Å². The Morgan fingerprint density at radius 3 is 2.55 bits per heavy atom. The van der Waals surface area contributed by atoms with E-state index in [1.54, 1.807) is 0 Å². The highest BCUT2D eigenvalue weighted by Crippen LogP contribution is 2.36. The average Bonchev–Trinajstić information content (AvgIpc) is 2.97. The summed E-state index contributed by atoms with van der Waals surface area (Å²) in [6.07, 6.45) is 3.19. The van der Waals surface area contributed by atoms with E-state index < -0.39 is 0 Å². The van der Waals surface area contributed by atoms with Crippen LogP contribution in [0.1, 0.15) is 37.4 Å². The molecule has 0 N–H and O–H groups in total. The zero-order chi connectivity index (χ0) is 15.4. The average molecular weight is 294 g/mol. The van der Waals surface area contributed by atoms with E-state index in [-0.39, 0.29) is 0 Å². The fourth-order valence-corrected chi connectivity index (χ4v) is 3.72. The van der Waals surface area contributed by atoms with Gasteiger partial charge in [0.1, 0.15) is 0 Å². The first kappa shape index (κ1) is 15.2. The van der Waals surface area contributed by atoms with Gasteiger partial charge in [-0.2, -0.15) is 0 Å². The minimum absolute atomic E-state index is 0.416. The van der Waals surface area contributed by atoms with Crippen molar-refractivity contribution in [3.8, 4) is 0 Å². The monoisotopic (exact) mass is 294 g/mol. The topological polar surface area (TPSA) is 16.1 Å². The minimum Gasteiger partial charge on any atom is -0.303 e. The third kappa shape index (κ3) is 3.56. The largest absolute Gasteiger partial charge is 0.303 e. The number of likely N-dealkylation sites (tertiary alicyclic amines) is 1. The van der Waals surface area contributed by atoms with Crippen molar-refractivity contribution in [3.63, 3.8) is 0 Å². The lowest BCUT2D eigenvalue weighted by Crippen LogP contribution is -2.26. The Morgan fingerprint density at radius 2 is 1.86 bits per heavy atom. The summed E-state index contributed by atoms with van der Waals surface area (Å²) < 4.78 is 0. The van der Waals surface area contributed by atoms with Crippen molar-refractivity contribution >= 4 is 0 Å². The van der Waals surface area contributed by atoms with Gasteiger partial charge in [0.25, 0.3) is 0 Å². The van der Waals surface area contributed by atoms with Crippen LogP contribution in [-0.4, -0.2) is 29.5 Å². The van der Waals surface area contributed by atoms with Crippen molar-refractivity contribution in [1.29, 1.82) is 0 Å². The van der Waals surface area contributed by atoms with Crippen LogP contribution in [0.25, 0.3) is 0 Å². The van der Waals surface area contributed by atoms with Gasteiger partial charge < -0.3 is 4.90 Å². The van der Waals surface area contributed by atoms with E-state index >= 15 is 0 Å². The Balaban J connectivity index is 1.84. The van der Waals surface area contributed by atoms with Crippen molar-refractivity contribution in [3.05, 3.63) is 66.0 Å². The normalized spacial score (nSPS) is 20.4. The first-order valence-corrected chi connectivity index (χ1v) is 8.42. The third-order valence-corrected chi connectivity index (χ3v) is 4.57. The van der Waals surface area contributed by atoms with Crippen LogP contribution in [0.3, 0.4) is 0 Å². The van der Waals surface area contributed by atoms with Gasteiger partial charge in [-0.05, 0) is 42.5 Å². The second-order valence-corrected chi connectivity index (χ2v) is 6.85. The van der Waals surface area contributed by atoms with Gasteiger partial charge in [-0.25, -0.2) is 0 Å². The van der Waals surface area contributed by atoms with Crippen LogP contribution >= 0.6 is 0 Å². The van der Waals surface area contributed by atoms with Crippen LogP contribution in [0.15, 0.2) is 54.7 Å². The molecule has 1 fully saturated rings. The molecule has 1 aliphatic heterocycles. The molecule has 2 aromatic rings. The molecule has 0 radical (unpaired) electrons. The number of hydrogen-bond acceptors (Lipinski definition) is 2. The van der Waals surface area contributed by atoms with Crippen molar-refractivity contribution < 1.29 is 0 Å². The molecule has 2 heterocycles. The summed E-state index contributed by atoms with van der Waals surface area (Å²) in [5, 5.41) is 0. The molecule has 2 nitrogen and oxygen atoms in total. The molecule has 0 aliphatic carbocycles. The summed E-state index contributed by atoms with van der Waals surface area (Å²) in [6, 6.07) is 17.2. The molecule has 2 unspecified atom stereocenters. The lowest BCUT2D eigenvalue weighted by atomic mass is 9.82. The number of pyridine rings is 1. The van der Waals surface area contributed by atoms with Gasteiger partial charge in [0.15, 0.2) is 0 Å². The molecule has 1 saturated heterocycles. The highest BCUT2D eigenvalue weighted by Gasteiger charge is 2.32. The molecular formula is C20H26N2. The summed E-state index contributed by atoms with van der Waals surface area (Å²) in [5.41, 5.74) is 2.61. The lowest BCUT2D eigenvalue weighted by molar-refractivity contribution is 0.283. The van der Waals surface area contributed by atoms with E-state index in [1.165, 1.54) is 37.3 Å². The van der Waals surface area contributed by atoms with Gasteiger partial charge in [-0.1, -0.05) is 50.2 Å². The lowest BCUT2D eigenvalue weighted by Gasteiger charge is -2.25. The Kier molecular flexibility index (Phi) is 4.89. The van der Waals surface area contributed by atoms with E-state index in [1.807, 2.05) is 12.3 Å². The smallest absolute Gasteiger partial charge is 0.0481 e. The van der Waals surface area contributed by atoms with Crippen molar-refractivity contribution in [1.82, 2.24) is 9.88 Å². The van der Waals surface area contributed by atoms with Gasteiger partial charge in [0, 0.05) is 30.9 Å². The van der Waals surface area contributed by atoms with E-state index in [9.17, 15) is 0 Å². The molecular weight excluding hydrogens is 268 g/mol. The third-order valence-electron chi connectivity index (χ3n) is 4.57. The molecule has 0 bridgehead atoms. The predicted molar refractivity (Wildman–Crippen MR) is 91.9 cm³/mol. The fourth-order valence-electron chi connectivity index (χ4n) is 3.72. The maximum Gasteiger partial charge on any atom is 0.0481 e. The summed E-state index contributed by atoms with van der Waals surface area (Å²) in [4.78, 5) is 7.29. The minimum atomic E-state index is 0.416. The van der Waals surface area contributed by atoms with Crippen LogP contribution in [0.5, 0.6) is 0 Å². The highest BCUT2D eigenvalue weighted by atomic mass is 15.1. The van der Waals surface area contributed by atoms with Gasteiger partial charge in [-0.3, -0.25) is 4.98 Å². The first-order valence-electron chi connectivity index (χ1n) is 8.42. The van der Waals surface area contributed by atoms with E-state index in [0.717, 1.165) is 5.92 Å². The molecule has 2 heteroatoms. The van der Waals surface area contributed by atoms with Crippen molar-refractivity contribution in [2.75, 3.05) is 19.6 Å². The van der Waals surface area contributed by atoms with E-state index in [2.05, 4.69) is 66.2 Å². The quantitative estimate of drug-likeness (QED) is 0.822. The second kappa shape index (κ2) is 7.06. The number of aromatic nitrogens is 1. The molecule has 1 aromatic heterocycles. The first-order chi connectivity index (χ1) is 10.7. The molecule has 2 atom stereocenters. The van der Waals surface area contributed by atoms with E-state index in [4.69, 9.17) is 0 Å². The van der Waals surface area contributed by atoms with Crippen molar-refractivity contribution in [2.24, 2.45) is 11.8 Å². The molecule has 1 aromatic carbocycles. The highest BCUT2D eigenvalue weighted by molar-refractivity contribution is 5.30. The Bertz CT molecular complexity index is 525. The van der Waals surface area contributed by atoms with Gasteiger partial charge >= 0.3 is 0 Å². The zero-order valence-corrected chi connectivity index (χ0v) is 13.7. The molecule has 3 rings (SSSR count). The SMILES string of the molecule is CC(C)CN1CCC(C(c2ccccc2)c2ccccn2)C1. The standard InChI is InChI=1S/C20H26N2/c1-16(2)14-22-13-11-18(15-22)20(17-8-4-3-5-9-17)19-10-6-7-12-21-19/h3-10,12,16,18,20H,11,13-15H2,1-2H3. The fraction of sp³-hybridized carbons (Fsp3) is 0.450. The van der Waals surface area contributed by atoms with Crippen LogP contribution in [-0.2, 0) is 0 Å². The molecule has 0 saturated carbocycles. The number of rotatable bonds is 5. The molecule has 0 amide bonds. The van der Waals surface area contributed by atoms with E-state index in [0.29, 0.717) is 11.8 Å².